The van der Waals surface area contributed by atoms with Gasteiger partial charge in [-0.1, -0.05) is 38.5 Å². The van der Waals surface area contributed by atoms with E-state index in [0.717, 1.165) is 19.4 Å². The molecule has 4 rings (SSSR count). The summed E-state index contributed by atoms with van der Waals surface area (Å²) >= 11 is 0. The van der Waals surface area contributed by atoms with E-state index in [1.54, 1.807) is 0 Å². The molecule has 0 aliphatic carbocycles. The number of rotatable bonds is 0. The van der Waals surface area contributed by atoms with Gasteiger partial charge in [-0.15, -0.1) is 0 Å². The lowest BCUT2D eigenvalue weighted by molar-refractivity contribution is -0.281. The number of hydrogen-bond donors (Lipinski definition) is 0. The van der Waals surface area contributed by atoms with Crippen molar-refractivity contribution < 1.29 is 9.47 Å². The van der Waals surface area contributed by atoms with Crippen molar-refractivity contribution in [2.24, 2.45) is 5.92 Å². The van der Waals surface area contributed by atoms with E-state index < -0.39 is 0 Å². The molecule has 1 spiro atoms. The summed E-state index contributed by atoms with van der Waals surface area (Å²) in [5.74, 6) is 0.529. The fourth-order valence-electron chi connectivity index (χ4n) is 3.77. The SMILES string of the molecule is C1CCCC[C@@H]2CO[C@]3(CCCC1)CC[C@H]2O3. The Kier molecular flexibility index (Phi) is 3.72. The van der Waals surface area contributed by atoms with E-state index in [0.29, 0.717) is 12.0 Å². The second kappa shape index (κ2) is 5.27. The standard InChI is InChI=1S/C15H26O2/c1-2-4-6-8-13-12-16-15(10-7-5-3-1)11-9-14(13)17-15/h13-14H,1-12H2/t13-,14-,15+/m1/s1. The molecule has 98 valence electrons. The first-order chi connectivity index (χ1) is 8.38. The Morgan fingerprint density at radius 2 is 1.53 bits per heavy atom. The van der Waals surface area contributed by atoms with Crippen LogP contribution in [-0.4, -0.2) is 18.5 Å². The van der Waals surface area contributed by atoms with Gasteiger partial charge in [-0.25, -0.2) is 0 Å². The van der Waals surface area contributed by atoms with Gasteiger partial charge in [0.2, 0.25) is 0 Å². The van der Waals surface area contributed by atoms with E-state index in [4.69, 9.17) is 9.47 Å². The van der Waals surface area contributed by atoms with Crippen molar-refractivity contribution in [3.63, 3.8) is 0 Å². The third-order valence-electron chi connectivity index (χ3n) is 4.89. The average molecular weight is 238 g/mol. The maximum atomic E-state index is 6.24. The van der Waals surface area contributed by atoms with Gasteiger partial charge in [0, 0.05) is 18.8 Å². The summed E-state index contributed by atoms with van der Waals surface area (Å²) in [4.78, 5) is 0. The van der Waals surface area contributed by atoms with Gasteiger partial charge >= 0.3 is 0 Å². The zero-order valence-corrected chi connectivity index (χ0v) is 11.0. The molecule has 0 saturated carbocycles. The summed E-state index contributed by atoms with van der Waals surface area (Å²) in [6.07, 6.45) is 15.1. The summed E-state index contributed by atoms with van der Waals surface area (Å²) in [6, 6.07) is 0. The fourth-order valence-corrected chi connectivity index (χ4v) is 3.77. The van der Waals surface area contributed by atoms with Crippen LogP contribution in [0.5, 0.6) is 0 Å². The van der Waals surface area contributed by atoms with Crippen LogP contribution in [-0.2, 0) is 9.47 Å². The molecule has 0 aromatic heterocycles. The molecule has 3 bridgehead atoms. The van der Waals surface area contributed by atoms with Crippen LogP contribution in [0.1, 0.15) is 70.6 Å². The molecule has 4 heterocycles. The van der Waals surface area contributed by atoms with Crippen molar-refractivity contribution >= 4 is 0 Å². The van der Waals surface area contributed by atoms with Crippen LogP contribution in [0.2, 0.25) is 0 Å². The van der Waals surface area contributed by atoms with Crippen molar-refractivity contribution in [1.82, 2.24) is 0 Å². The van der Waals surface area contributed by atoms with Crippen LogP contribution in [0, 0.1) is 5.92 Å². The molecule has 0 amide bonds. The maximum Gasteiger partial charge on any atom is 0.168 e. The molecule has 2 heteroatoms. The topological polar surface area (TPSA) is 18.5 Å². The van der Waals surface area contributed by atoms with E-state index in [9.17, 15) is 0 Å². The molecule has 4 saturated heterocycles. The minimum atomic E-state index is -0.158. The average Bonchev–Trinajstić information content (AvgIpc) is 2.70. The zero-order valence-electron chi connectivity index (χ0n) is 11.0. The largest absolute Gasteiger partial charge is 0.350 e. The Morgan fingerprint density at radius 3 is 2.41 bits per heavy atom. The van der Waals surface area contributed by atoms with E-state index in [-0.39, 0.29) is 5.79 Å². The van der Waals surface area contributed by atoms with Crippen LogP contribution in [0.15, 0.2) is 0 Å². The lowest BCUT2D eigenvalue weighted by atomic mass is 9.94. The highest BCUT2D eigenvalue weighted by Gasteiger charge is 2.47. The lowest BCUT2D eigenvalue weighted by Gasteiger charge is -2.38. The Bertz CT molecular complexity index is 249. The van der Waals surface area contributed by atoms with Gasteiger partial charge in [0.05, 0.1) is 12.7 Å². The third kappa shape index (κ3) is 2.68. The molecule has 0 aromatic carbocycles. The van der Waals surface area contributed by atoms with Crippen LogP contribution in [0.25, 0.3) is 0 Å². The molecule has 2 nitrogen and oxygen atoms in total. The zero-order chi connectivity index (χ0) is 11.6. The Hall–Kier alpha value is -0.0800. The highest BCUT2D eigenvalue weighted by molar-refractivity contribution is 4.89. The monoisotopic (exact) mass is 238 g/mol. The van der Waals surface area contributed by atoms with Gasteiger partial charge in [0.25, 0.3) is 0 Å². The van der Waals surface area contributed by atoms with Gasteiger partial charge in [-0.3, -0.25) is 0 Å². The van der Waals surface area contributed by atoms with Crippen LogP contribution in [0.4, 0.5) is 0 Å². The van der Waals surface area contributed by atoms with Crippen LogP contribution in [0.3, 0.4) is 0 Å². The molecule has 4 aliphatic heterocycles. The quantitative estimate of drug-likeness (QED) is 0.634. The summed E-state index contributed by atoms with van der Waals surface area (Å²) in [5.41, 5.74) is 0. The molecule has 0 N–H and O–H groups in total. The molecule has 4 fully saturated rings. The molecule has 3 atom stereocenters. The maximum absolute atomic E-state index is 6.24. The molecular weight excluding hydrogens is 212 g/mol. The van der Waals surface area contributed by atoms with E-state index in [1.165, 1.54) is 57.8 Å². The fraction of sp³-hybridized carbons (Fsp3) is 1.00. The lowest BCUT2D eigenvalue weighted by Crippen LogP contribution is -2.42. The van der Waals surface area contributed by atoms with Crippen LogP contribution < -0.4 is 0 Å². The first kappa shape index (κ1) is 12.0. The molecule has 0 radical (unpaired) electrons. The summed E-state index contributed by atoms with van der Waals surface area (Å²) in [7, 11) is 0. The van der Waals surface area contributed by atoms with Gasteiger partial charge in [0.1, 0.15) is 0 Å². The van der Waals surface area contributed by atoms with Crippen molar-refractivity contribution in [3.8, 4) is 0 Å². The van der Waals surface area contributed by atoms with E-state index in [1.807, 2.05) is 0 Å². The summed E-state index contributed by atoms with van der Waals surface area (Å²) in [6.45, 7) is 0.963. The van der Waals surface area contributed by atoms with Crippen molar-refractivity contribution in [3.05, 3.63) is 0 Å². The molecular formula is C15H26O2. The van der Waals surface area contributed by atoms with Gasteiger partial charge in [-0.2, -0.15) is 0 Å². The number of fused-ring (bicyclic) bond motifs is 9. The van der Waals surface area contributed by atoms with Gasteiger partial charge in [0.15, 0.2) is 5.79 Å². The van der Waals surface area contributed by atoms with Crippen molar-refractivity contribution in [2.75, 3.05) is 6.61 Å². The normalized spacial score (nSPS) is 43.8. The summed E-state index contributed by atoms with van der Waals surface area (Å²) in [5, 5.41) is 0. The van der Waals surface area contributed by atoms with E-state index >= 15 is 0 Å². The predicted molar refractivity (Wildman–Crippen MR) is 67.8 cm³/mol. The van der Waals surface area contributed by atoms with Gasteiger partial charge in [-0.05, 0) is 19.3 Å². The molecule has 17 heavy (non-hydrogen) atoms. The number of hydrogen-bond acceptors (Lipinski definition) is 2. The van der Waals surface area contributed by atoms with Crippen molar-refractivity contribution in [2.45, 2.75) is 82.5 Å². The Morgan fingerprint density at radius 1 is 0.765 bits per heavy atom. The molecule has 0 unspecified atom stereocenters. The second-order valence-electron chi connectivity index (χ2n) is 6.19. The predicted octanol–water partition coefficient (Wildman–Crippen LogP) is 4.03. The first-order valence-electron chi connectivity index (χ1n) is 7.70. The van der Waals surface area contributed by atoms with E-state index in [2.05, 4.69) is 0 Å². The highest BCUT2D eigenvalue weighted by atomic mass is 16.7. The van der Waals surface area contributed by atoms with Crippen molar-refractivity contribution in [1.29, 1.82) is 0 Å². The highest BCUT2D eigenvalue weighted by Crippen LogP contribution is 2.44. The minimum absolute atomic E-state index is 0.158. The second-order valence-corrected chi connectivity index (χ2v) is 6.19. The smallest absolute Gasteiger partial charge is 0.168 e. The molecule has 4 aliphatic rings. The van der Waals surface area contributed by atoms with Gasteiger partial charge < -0.3 is 9.47 Å². The Balaban J connectivity index is 1.64. The Labute approximate surface area is 105 Å². The first-order valence-corrected chi connectivity index (χ1v) is 7.70. The van der Waals surface area contributed by atoms with Crippen LogP contribution >= 0.6 is 0 Å². The minimum Gasteiger partial charge on any atom is -0.350 e. The third-order valence-corrected chi connectivity index (χ3v) is 4.89. The molecule has 0 aromatic rings. The summed E-state index contributed by atoms with van der Waals surface area (Å²) < 4.78 is 12.4. The number of ether oxygens (including phenoxy) is 2.